The number of carbonyl (C=O) groups is 1. The highest BCUT2D eigenvalue weighted by Crippen LogP contribution is 2.17. The van der Waals surface area contributed by atoms with Crippen LogP contribution in [0.4, 0.5) is 14.5 Å². The molecule has 4 nitrogen and oxygen atoms in total. The largest absolute Gasteiger partial charge is 0.396 e. The Balaban J connectivity index is 2.14. The standard InChI is InChI=1S/C11H9F2N3OS/c12-6-1-8(10(13)9(14)2-6)11(17)15-3-7-4-18-5-16-7/h1-2,4-5H,3,14H2,(H,15,17). The highest BCUT2D eigenvalue weighted by Gasteiger charge is 2.15. The molecule has 0 aliphatic carbocycles. The van der Waals surface area contributed by atoms with E-state index in [0.717, 1.165) is 12.1 Å². The second-order valence-electron chi connectivity index (χ2n) is 3.52. The van der Waals surface area contributed by atoms with Crippen LogP contribution in [-0.4, -0.2) is 10.9 Å². The zero-order valence-corrected chi connectivity index (χ0v) is 9.93. The predicted molar refractivity (Wildman–Crippen MR) is 64.1 cm³/mol. The van der Waals surface area contributed by atoms with Crippen molar-refractivity contribution in [2.45, 2.75) is 6.54 Å². The lowest BCUT2D eigenvalue weighted by Crippen LogP contribution is -2.24. The van der Waals surface area contributed by atoms with E-state index in [-0.39, 0.29) is 6.54 Å². The second-order valence-corrected chi connectivity index (χ2v) is 4.24. The smallest absolute Gasteiger partial charge is 0.254 e. The van der Waals surface area contributed by atoms with Crippen LogP contribution < -0.4 is 11.1 Å². The summed E-state index contributed by atoms with van der Waals surface area (Å²) in [5.74, 6) is -2.41. The SMILES string of the molecule is Nc1cc(F)cc(C(=O)NCc2cscn2)c1F. The van der Waals surface area contributed by atoms with E-state index in [1.54, 1.807) is 10.9 Å². The van der Waals surface area contributed by atoms with Crippen LogP contribution in [0.5, 0.6) is 0 Å². The number of anilines is 1. The molecule has 0 atom stereocenters. The van der Waals surface area contributed by atoms with Crippen LogP contribution in [0.2, 0.25) is 0 Å². The molecule has 0 bridgehead atoms. The third kappa shape index (κ3) is 2.62. The number of carbonyl (C=O) groups excluding carboxylic acids is 1. The van der Waals surface area contributed by atoms with E-state index in [0.29, 0.717) is 5.69 Å². The number of nitrogens with one attached hydrogen (secondary N) is 1. The van der Waals surface area contributed by atoms with Crippen LogP contribution in [0.1, 0.15) is 16.1 Å². The van der Waals surface area contributed by atoms with Gasteiger partial charge < -0.3 is 11.1 Å². The van der Waals surface area contributed by atoms with E-state index in [1.807, 2.05) is 0 Å². The lowest BCUT2D eigenvalue weighted by atomic mass is 10.1. The molecule has 0 fully saturated rings. The first kappa shape index (κ1) is 12.4. The monoisotopic (exact) mass is 269 g/mol. The Morgan fingerprint density at radius 1 is 1.44 bits per heavy atom. The molecule has 1 amide bonds. The summed E-state index contributed by atoms with van der Waals surface area (Å²) in [6.07, 6.45) is 0. The number of hydrogen-bond acceptors (Lipinski definition) is 4. The fourth-order valence-corrected chi connectivity index (χ4v) is 1.92. The molecule has 0 radical (unpaired) electrons. The lowest BCUT2D eigenvalue weighted by Gasteiger charge is -2.06. The van der Waals surface area contributed by atoms with Gasteiger partial charge in [-0.15, -0.1) is 11.3 Å². The third-order valence-corrected chi connectivity index (χ3v) is 2.86. The van der Waals surface area contributed by atoms with Gasteiger partial charge in [-0.1, -0.05) is 0 Å². The number of nitrogens with two attached hydrogens (primary N) is 1. The first-order chi connectivity index (χ1) is 8.58. The fraction of sp³-hybridized carbons (Fsp3) is 0.0909. The van der Waals surface area contributed by atoms with Gasteiger partial charge in [0.2, 0.25) is 0 Å². The summed E-state index contributed by atoms with van der Waals surface area (Å²) >= 11 is 1.38. The van der Waals surface area contributed by atoms with Crippen LogP contribution in [-0.2, 0) is 6.54 Å². The van der Waals surface area contributed by atoms with Crippen molar-refractivity contribution in [1.29, 1.82) is 0 Å². The van der Waals surface area contributed by atoms with Gasteiger partial charge >= 0.3 is 0 Å². The number of aromatic nitrogens is 1. The molecule has 0 saturated carbocycles. The highest BCUT2D eigenvalue weighted by atomic mass is 32.1. The van der Waals surface area contributed by atoms with Gasteiger partial charge in [0.15, 0.2) is 5.82 Å². The number of thiazole rings is 1. The number of nitrogen functional groups attached to an aromatic ring is 1. The van der Waals surface area contributed by atoms with Gasteiger partial charge in [0.25, 0.3) is 5.91 Å². The van der Waals surface area contributed by atoms with Gasteiger partial charge in [-0.3, -0.25) is 4.79 Å². The van der Waals surface area contributed by atoms with Gasteiger partial charge in [-0.05, 0) is 12.1 Å². The maximum Gasteiger partial charge on any atom is 0.254 e. The van der Waals surface area contributed by atoms with Gasteiger partial charge in [-0.25, -0.2) is 13.8 Å². The Bertz CT molecular complexity index is 572. The Hall–Kier alpha value is -2.02. The summed E-state index contributed by atoms with van der Waals surface area (Å²) in [7, 11) is 0. The summed E-state index contributed by atoms with van der Waals surface area (Å²) in [6.45, 7) is 0.151. The third-order valence-electron chi connectivity index (χ3n) is 2.22. The van der Waals surface area contributed by atoms with Gasteiger partial charge in [0.1, 0.15) is 5.82 Å². The lowest BCUT2D eigenvalue weighted by molar-refractivity contribution is 0.0946. The van der Waals surface area contributed by atoms with Crippen molar-refractivity contribution in [3.63, 3.8) is 0 Å². The number of halogens is 2. The minimum Gasteiger partial charge on any atom is -0.396 e. The van der Waals surface area contributed by atoms with E-state index in [4.69, 9.17) is 5.73 Å². The number of amides is 1. The number of nitrogens with zero attached hydrogens (tertiary/aromatic N) is 1. The van der Waals surface area contributed by atoms with Crippen LogP contribution >= 0.6 is 11.3 Å². The van der Waals surface area contributed by atoms with Gasteiger partial charge in [0.05, 0.1) is 29.0 Å². The molecule has 1 aromatic carbocycles. The van der Waals surface area contributed by atoms with Crippen molar-refractivity contribution in [2.24, 2.45) is 0 Å². The average molecular weight is 269 g/mol. The maximum atomic E-state index is 13.5. The van der Waals surface area contributed by atoms with Crippen molar-refractivity contribution >= 4 is 22.9 Å². The minimum atomic E-state index is -0.924. The topological polar surface area (TPSA) is 68.0 Å². The summed E-state index contributed by atoms with van der Waals surface area (Å²) in [4.78, 5) is 15.6. The van der Waals surface area contributed by atoms with Crippen molar-refractivity contribution in [2.75, 3.05) is 5.73 Å². The summed E-state index contributed by atoms with van der Waals surface area (Å²) in [5.41, 5.74) is 6.70. The molecular formula is C11H9F2N3OS. The van der Waals surface area contributed by atoms with Crippen molar-refractivity contribution in [1.82, 2.24) is 10.3 Å². The molecule has 0 unspecified atom stereocenters. The molecule has 7 heteroatoms. The average Bonchev–Trinajstić information content (AvgIpc) is 2.83. The Labute approximate surface area is 105 Å². The second kappa shape index (κ2) is 5.09. The number of hydrogen-bond donors (Lipinski definition) is 2. The maximum absolute atomic E-state index is 13.5. The minimum absolute atomic E-state index is 0.151. The normalized spacial score (nSPS) is 10.3. The molecule has 0 saturated heterocycles. The zero-order valence-electron chi connectivity index (χ0n) is 9.11. The van der Waals surface area contributed by atoms with E-state index >= 15 is 0 Å². The van der Waals surface area contributed by atoms with E-state index in [9.17, 15) is 13.6 Å². The van der Waals surface area contributed by atoms with Crippen LogP contribution in [0.25, 0.3) is 0 Å². The van der Waals surface area contributed by atoms with E-state index in [2.05, 4.69) is 10.3 Å². The molecule has 1 heterocycles. The van der Waals surface area contributed by atoms with Crippen molar-refractivity contribution < 1.29 is 13.6 Å². The summed E-state index contributed by atoms with van der Waals surface area (Å²) in [6, 6.07) is 1.63. The molecule has 0 spiro atoms. The van der Waals surface area contributed by atoms with Gasteiger partial charge in [0, 0.05) is 5.38 Å². The molecule has 94 valence electrons. The van der Waals surface area contributed by atoms with Crippen molar-refractivity contribution in [3.05, 3.63) is 45.9 Å². The Morgan fingerprint density at radius 2 is 2.22 bits per heavy atom. The molecule has 1 aromatic heterocycles. The summed E-state index contributed by atoms with van der Waals surface area (Å²) < 4.78 is 26.6. The quantitative estimate of drug-likeness (QED) is 0.837. The Morgan fingerprint density at radius 3 is 2.89 bits per heavy atom. The van der Waals surface area contributed by atoms with Gasteiger partial charge in [-0.2, -0.15) is 0 Å². The highest BCUT2D eigenvalue weighted by molar-refractivity contribution is 7.07. The van der Waals surface area contributed by atoms with Crippen LogP contribution in [0, 0.1) is 11.6 Å². The zero-order chi connectivity index (χ0) is 13.1. The molecule has 3 N–H and O–H groups in total. The first-order valence-corrected chi connectivity index (χ1v) is 5.92. The molecule has 2 aromatic rings. The molecule has 0 aliphatic rings. The summed E-state index contributed by atoms with van der Waals surface area (Å²) in [5, 5.41) is 4.19. The molecule has 0 aliphatic heterocycles. The van der Waals surface area contributed by atoms with Crippen LogP contribution in [0.15, 0.2) is 23.0 Å². The predicted octanol–water partition coefficient (Wildman–Crippen LogP) is 1.93. The first-order valence-electron chi connectivity index (χ1n) is 4.97. The fourth-order valence-electron chi connectivity index (χ4n) is 1.37. The van der Waals surface area contributed by atoms with E-state index in [1.165, 1.54) is 11.3 Å². The molecule has 18 heavy (non-hydrogen) atoms. The number of rotatable bonds is 3. The number of benzene rings is 1. The van der Waals surface area contributed by atoms with Crippen LogP contribution in [0.3, 0.4) is 0 Å². The Kier molecular flexibility index (Phi) is 3.52. The van der Waals surface area contributed by atoms with Crippen molar-refractivity contribution in [3.8, 4) is 0 Å². The molecule has 2 rings (SSSR count). The van der Waals surface area contributed by atoms with E-state index < -0.39 is 28.8 Å². The molecular weight excluding hydrogens is 260 g/mol.